The molecule has 1 aromatic carbocycles. The number of hydrogen-bond donors (Lipinski definition) is 1. The molecule has 0 bridgehead atoms. The van der Waals surface area contributed by atoms with Crippen LogP contribution in [0.2, 0.25) is 0 Å². The highest BCUT2D eigenvalue weighted by Gasteiger charge is 2.13. The molecular formula is C16H21N3O3. The summed E-state index contributed by atoms with van der Waals surface area (Å²) >= 11 is 0. The summed E-state index contributed by atoms with van der Waals surface area (Å²) in [5, 5.41) is 6.81. The lowest BCUT2D eigenvalue weighted by molar-refractivity contribution is -0.121. The van der Waals surface area contributed by atoms with Gasteiger partial charge < -0.3 is 14.6 Å². The number of hydrogen-bond acceptors (Lipinski definition) is 5. The Morgan fingerprint density at radius 2 is 2.14 bits per heavy atom. The maximum atomic E-state index is 11.7. The third-order valence-corrected chi connectivity index (χ3v) is 3.09. The highest BCUT2D eigenvalue weighted by Crippen LogP contribution is 2.27. The van der Waals surface area contributed by atoms with Gasteiger partial charge in [-0.2, -0.15) is 4.98 Å². The van der Waals surface area contributed by atoms with Crippen LogP contribution in [0.15, 0.2) is 28.8 Å². The van der Waals surface area contributed by atoms with Gasteiger partial charge in [-0.3, -0.25) is 4.79 Å². The fourth-order valence-electron chi connectivity index (χ4n) is 1.92. The average molecular weight is 303 g/mol. The van der Waals surface area contributed by atoms with Crippen LogP contribution in [-0.4, -0.2) is 29.7 Å². The van der Waals surface area contributed by atoms with Crippen LogP contribution >= 0.6 is 0 Å². The van der Waals surface area contributed by atoms with E-state index in [0.717, 1.165) is 5.56 Å². The van der Waals surface area contributed by atoms with E-state index in [1.165, 1.54) is 0 Å². The minimum absolute atomic E-state index is 0.00857. The summed E-state index contributed by atoms with van der Waals surface area (Å²) in [6, 6.07) is 7.46. The van der Waals surface area contributed by atoms with Gasteiger partial charge in [0.2, 0.25) is 17.6 Å². The molecule has 1 N–H and O–H groups in total. The number of ether oxygens (including phenoxy) is 1. The molecule has 118 valence electrons. The van der Waals surface area contributed by atoms with Gasteiger partial charge in [0.25, 0.3) is 0 Å². The van der Waals surface area contributed by atoms with Gasteiger partial charge >= 0.3 is 0 Å². The molecule has 0 fully saturated rings. The van der Waals surface area contributed by atoms with Crippen LogP contribution in [0.5, 0.6) is 5.75 Å². The van der Waals surface area contributed by atoms with E-state index >= 15 is 0 Å². The molecular weight excluding hydrogens is 282 g/mol. The molecule has 2 aromatic rings. The molecule has 0 aliphatic carbocycles. The quantitative estimate of drug-likeness (QED) is 0.850. The first kappa shape index (κ1) is 16.0. The number of nitrogens with one attached hydrogen (secondary N) is 1. The zero-order valence-corrected chi connectivity index (χ0v) is 13.1. The number of benzene rings is 1. The van der Waals surface area contributed by atoms with Crippen LogP contribution in [-0.2, 0) is 11.2 Å². The Bertz CT molecular complexity index is 623. The summed E-state index contributed by atoms with van der Waals surface area (Å²) in [6.07, 6.45) is 0.756. The van der Waals surface area contributed by atoms with E-state index in [0.29, 0.717) is 42.8 Å². The Morgan fingerprint density at radius 3 is 2.86 bits per heavy atom. The molecule has 0 aliphatic heterocycles. The first-order valence-corrected chi connectivity index (χ1v) is 7.32. The van der Waals surface area contributed by atoms with Gasteiger partial charge in [0.05, 0.1) is 12.7 Å². The van der Waals surface area contributed by atoms with E-state index in [2.05, 4.69) is 29.3 Å². The molecule has 1 heterocycles. The maximum Gasteiger partial charge on any atom is 0.227 e. The van der Waals surface area contributed by atoms with Crippen molar-refractivity contribution in [3.05, 3.63) is 30.2 Å². The average Bonchev–Trinajstić information content (AvgIpc) is 2.99. The second-order valence-electron chi connectivity index (χ2n) is 5.41. The smallest absolute Gasteiger partial charge is 0.227 e. The Kier molecular flexibility index (Phi) is 5.52. The Morgan fingerprint density at radius 1 is 1.36 bits per heavy atom. The lowest BCUT2D eigenvalue weighted by atomic mass is 10.2. The van der Waals surface area contributed by atoms with Gasteiger partial charge in [-0.15, -0.1) is 0 Å². The molecule has 0 saturated heterocycles. The topological polar surface area (TPSA) is 77.2 Å². The lowest BCUT2D eigenvalue weighted by Crippen LogP contribution is -2.27. The predicted octanol–water partition coefficient (Wildman–Crippen LogP) is 2.45. The Balaban J connectivity index is 1.96. The van der Waals surface area contributed by atoms with E-state index in [1.54, 1.807) is 7.11 Å². The van der Waals surface area contributed by atoms with Crippen molar-refractivity contribution in [2.45, 2.75) is 26.7 Å². The Labute approximate surface area is 129 Å². The van der Waals surface area contributed by atoms with Crippen molar-refractivity contribution in [3.8, 4) is 17.1 Å². The normalized spacial score (nSPS) is 10.7. The molecule has 2 rings (SSSR count). The maximum absolute atomic E-state index is 11.7. The molecule has 0 atom stereocenters. The third kappa shape index (κ3) is 4.31. The van der Waals surface area contributed by atoms with Crippen LogP contribution in [0, 0.1) is 5.92 Å². The van der Waals surface area contributed by atoms with E-state index < -0.39 is 0 Å². The minimum atomic E-state index is -0.00857. The SMILES string of the molecule is COc1ccccc1-c1noc(CCC(=O)NCC(C)C)n1. The van der Waals surface area contributed by atoms with Crippen LogP contribution < -0.4 is 10.1 Å². The first-order chi connectivity index (χ1) is 10.6. The van der Waals surface area contributed by atoms with Gasteiger partial charge in [-0.1, -0.05) is 31.1 Å². The van der Waals surface area contributed by atoms with E-state index in [-0.39, 0.29) is 5.91 Å². The number of nitrogens with zero attached hydrogens (tertiary/aromatic N) is 2. The van der Waals surface area contributed by atoms with Crippen molar-refractivity contribution in [1.29, 1.82) is 0 Å². The van der Waals surface area contributed by atoms with E-state index in [1.807, 2.05) is 24.3 Å². The molecule has 0 unspecified atom stereocenters. The van der Waals surface area contributed by atoms with Crippen LogP contribution in [0.4, 0.5) is 0 Å². The van der Waals surface area contributed by atoms with E-state index in [9.17, 15) is 4.79 Å². The number of carbonyl (C=O) groups is 1. The molecule has 6 nitrogen and oxygen atoms in total. The van der Waals surface area contributed by atoms with Crippen molar-refractivity contribution in [3.63, 3.8) is 0 Å². The fraction of sp³-hybridized carbons (Fsp3) is 0.438. The van der Waals surface area contributed by atoms with Crippen LogP contribution in [0.25, 0.3) is 11.4 Å². The van der Waals surface area contributed by atoms with Gasteiger partial charge in [0.1, 0.15) is 5.75 Å². The number of rotatable bonds is 7. The second-order valence-corrected chi connectivity index (χ2v) is 5.41. The van der Waals surface area contributed by atoms with Crippen LogP contribution in [0.1, 0.15) is 26.2 Å². The van der Waals surface area contributed by atoms with Crippen molar-refractivity contribution < 1.29 is 14.1 Å². The van der Waals surface area contributed by atoms with Crippen molar-refractivity contribution >= 4 is 5.91 Å². The standard InChI is InChI=1S/C16H21N3O3/c1-11(2)10-17-14(20)8-9-15-18-16(19-22-15)12-6-4-5-7-13(12)21-3/h4-7,11H,8-10H2,1-3H3,(H,17,20). The number of methoxy groups -OCH3 is 1. The van der Waals surface area contributed by atoms with Gasteiger partial charge in [0, 0.05) is 19.4 Å². The second kappa shape index (κ2) is 7.59. The fourth-order valence-corrected chi connectivity index (χ4v) is 1.92. The van der Waals surface area contributed by atoms with Gasteiger partial charge in [-0.25, -0.2) is 0 Å². The zero-order valence-electron chi connectivity index (χ0n) is 13.1. The highest BCUT2D eigenvalue weighted by molar-refractivity contribution is 5.76. The summed E-state index contributed by atoms with van der Waals surface area (Å²) in [5.74, 6) is 2.02. The van der Waals surface area contributed by atoms with Crippen molar-refractivity contribution in [2.24, 2.45) is 5.92 Å². The van der Waals surface area contributed by atoms with Crippen LogP contribution in [0.3, 0.4) is 0 Å². The number of para-hydroxylation sites is 1. The number of carbonyl (C=O) groups excluding carboxylic acids is 1. The first-order valence-electron chi connectivity index (χ1n) is 7.32. The summed E-state index contributed by atoms with van der Waals surface area (Å²) in [6.45, 7) is 4.78. The molecule has 0 radical (unpaired) electrons. The van der Waals surface area contributed by atoms with Crippen molar-refractivity contribution in [2.75, 3.05) is 13.7 Å². The van der Waals surface area contributed by atoms with Gasteiger partial charge in [0.15, 0.2) is 0 Å². The molecule has 0 spiro atoms. The van der Waals surface area contributed by atoms with Gasteiger partial charge in [-0.05, 0) is 18.1 Å². The zero-order chi connectivity index (χ0) is 15.9. The van der Waals surface area contributed by atoms with E-state index in [4.69, 9.17) is 9.26 Å². The summed E-state index contributed by atoms with van der Waals surface area (Å²) in [4.78, 5) is 16.0. The monoisotopic (exact) mass is 303 g/mol. The molecule has 6 heteroatoms. The highest BCUT2D eigenvalue weighted by atomic mass is 16.5. The summed E-state index contributed by atoms with van der Waals surface area (Å²) in [7, 11) is 1.60. The number of aryl methyl sites for hydroxylation is 1. The number of aromatic nitrogens is 2. The third-order valence-electron chi connectivity index (χ3n) is 3.09. The molecule has 0 aliphatic rings. The van der Waals surface area contributed by atoms with Crippen molar-refractivity contribution in [1.82, 2.24) is 15.5 Å². The summed E-state index contributed by atoms with van der Waals surface area (Å²) in [5.41, 5.74) is 0.768. The lowest BCUT2D eigenvalue weighted by Gasteiger charge is -2.06. The molecule has 1 aromatic heterocycles. The summed E-state index contributed by atoms with van der Waals surface area (Å²) < 4.78 is 10.5. The predicted molar refractivity (Wildman–Crippen MR) is 82.5 cm³/mol. The Hall–Kier alpha value is -2.37. The molecule has 22 heavy (non-hydrogen) atoms. The minimum Gasteiger partial charge on any atom is -0.496 e. The molecule has 0 saturated carbocycles. The number of amides is 1. The molecule has 1 amide bonds. The largest absolute Gasteiger partial charge is 0.496 e.